The summed E-state index contributed by atoms with van der Waals surface area (Å²) in [5, 5.41) is 20.8. The molecule has 0 aromatic carbocycles. The molecular formula is C27H40O5. The van der Waals surface area contributed by atoms with Gasteiger partial charge in [0.2, 0.25) is 0 Å². The largest absolute Gasteiger partial charge is 0.390 e. The van der Waals surface area contributed by atoms with Crippen molar-refractivity contribution in [2.24, 2.45) is 46.3 Å². The molecule has 6 aliphatic rings. The second kappa shape index (κ2) is 6.90. The molecule has 178 valence electrons. The van der Waals surface area contributed by atoms with E-state index in [1.807, 2.05) is 0 Å². The normalized spacial score (nSPS) is 59.2. The first-order valence-electron chi connectivity index (χ1n) is 13.0. The van der Waals surface area contributed by atoms with Gasteiger partial charge < -0.3 is 19.7 Å². The number of carbonyl (C=O) groups is 1. The van der Waals surface area contributed by atoms with Crippen LogP contribution in [0, 0.1) is 46.3 Å². The minimum Gasteiger partial charge on any atom is -0.390 e. The molecule has 3 saturated carbocycles. The molecule has 5 nitrogen and oxygen atoms in total. The van der Waals surface area contributed by atoms with E-state index in [0.717, 1.165) is 32.3 Å². The fourth-order valence-electron chi connectivity index (χ4n) is 9.38. The van der Waals surface area contributed by atoms with Crippen LogP contribution in [0.1, 0.15) is 72.6 Å². The zero-order chi connectivity index (χ0) is 22.6. The maximum atomic E-state index is 14.0. The molecule has 4 aliphatic carbocycles. The lowest BCUT2D eigenvalue weighted by molar-refractivity contribution is -0.272. The Hall–Kier alpha value is -0.750. The topological polar surface area (TPSA) is 76.0 Å². The van der Waals surface area contributed by atoms with E-state index < -0.39 is 18.0 Å². The van der Waals surface area contributed by atoms with E-state index in [2.05, 4.69) is 33.8 Å². The summed E-state index contributed by atoms with van der Waals surface area (Å²) < 4.78 is 13.1. The van der Waals surface area contributed by atoms with Crippen molar-refractivity contribution in [2.45, 2.75) is 96.7 Å². The number of aliphatic hydroxyl groups excluding tert-OH is 2. The molecule has 0 aromatic rings. The SMILES string of the molecule is C[C@@H]1CC[C@@]2(OC1)O[C@H]1C[C@@H]3[C@@H]4CC=C5C[C@@H](O)[C@H](O)C[C@]5(C)[C@@H]4CC(=O)[C@]3(C)[C@H]1[C@@H]2C. The van der Waals surface area contributed by atoms with Gasteiger partial charge in [0.15, 0.2) is 5.79 Å². The minimum atomic E-state index is -0.698. The van der Waals surface area contributed by atoms with Gasteiger partial charge >= 0.3 is 0 Å². The molecule has 0 amide bonds. The number of hydrogen-bond acceptors (Lipinski definition) is 5. The number of hydrogen-bond donors (Lipinski definition) is 2. The fraction of sp³-hybridized carbons (Fsp3) is 0.889. The van der Waals surface area contributed by atoms with Gasteiger partial charge in [0.05, 0.1) is 24.9 Å². The quantitative estimate of drug-likeness (QED) is 0.555. The summed E-state index contributed by atoms with van der Waals surface area (Å²) in [6.07, 6.45) is 6.77. The number of ether oxygens (including phenoxy) is 2. The molecule has 1 spiro atoms. The maximum absolute atomic E-state index is 14.0. The molecule has 32 heavy (non-hydrogen) atoms. The second-order valence-electron chi connectivity index (χ2n) is 12.7. The van der Waals surface area contributed by atoms with Crippen LogP contribution in [0.25, 0.3) is 0 Å². The number of rotatable bonds is 0. The molecule has 6 rings (SSSR count). The van der Waals surface area contributed by atoms with Gasteiger partial charge in [-0.05, 0) is 61.2 Å². The number of carbonyl (C=O) groups excluding carboxylic acids is 1. The lowest BCUT2D eigenvalue weighted by atomic mass is 9.46. The van der Waals surface area contributed by atoms with Crippen molar-refractivity contribution < 1.29 is 24.5 Å². The van der Waals surface area contributed by atoms with Crippen molar-refractivity contribution in [2.75, 3.05) is 6.61 Å². The molecular weight excluding hydrogens is 404 g/mol. The first-order valence-corrected chi connectivity index (χ1v) is 13.0. The van der Waals surface area contributed by atoms with Crippen LogP contribution in [0.3, 0.4) is 0 Å². The van der Waals surface area contributed by atoms with Gasteiger partial charge in [-0.1, -0.05) is 39.3 Å². The number of Topliss-reactive ketones (excluding diaryl/α,β-unsaturated/α-hetero) is 1. The number of aliphatic hydroxyl groups is 2. The highest BCUT2D eigenvalue weighted by Crippen LogP contribution is 2.69. The van der Waals surface area contributed by atoms with Crippen molar-refractivity contribution in [3.8, 4) is 0 Å². The second-order valence-corrected chi connectivity index (χ2v) is 12.7. The highest BCUT2D eigenvalue weighted by atomic mass is 16.7. The molecule has 0 aromatic heterocycles. The molecule has 5 fully saturated rings. The summed E-state index contributed by atoms with van der Waals surface area (Å²) in [7, 11) is 0. The first kappa shape index (κ1) is 21.8. The Kier molecular flexibility index (Phi) is 4.69. The van der Waals surface area contributed by atoms with E-state index in [1.54, 1.807) is 0 Å². The summed E-state index contributed by atoms with van der Waals surface area (Å²) in [5.41, 5.74) is 0.724. The van der Waals surface area contributed by atoms with Gasteiger partial charge in [0.1, 0.15) is 5.78 Å². The van der Waals surface area contributed by atoms with Gasteiger partial charge in [-0.25, -0.2) is 0 Å². The van der Waals surface area contributed by atoms with Crippen LogP contribution < -0.4 is 0 Å². The van der Waals surface area contributed by atoms with Gasteiger partial charge in [0.25, 0.3) is 0 Å². The molecule has 0 unspecified atom stereocenters. The Morgan fingerprint density at radius 2 is 1.88 bits per heavy atom. The zero-order valence-electron chi connectivity index (χ0n) is 20.0. The third-order valence-electron chi connectivity index (χ3n) is 11.3. The summed E-state index contributed by atoms with van der Waals surface area (Å²) in [4.78, 5) is 14.0. The average Bonchev–Trinajstić information content (AvgIpc) is 3.19. The first-order chi connectivity index (χ1) is 15.1. The minimum absolute atomic E-state index is 0.105. The van der Waals surface area contributed by atoms with E-state index in [-0.39, 0.29) is 34.7 Å². The maximum Gasteiger partial charge on any atom is 0.171 e. The van der Waals surface area contributed by atoms with Crippen LogP contribution in [-0.4, -0.2) is 46.7 Å². The van der Waals surface area contributed by atoms with Gasteiger partial charge in [-0.2, -0.15) is 0 Å². The van der Waals surface area contributed by atoms with Gasteiger partial charge in [-0.15, -0.1) is 0 Å². The molecule has 2 heterocycles. The number of allylic oxidation sites excluding steroid dienone is 1. The van der Waals surface area contributed by atoms with Crippen molar-refractivity contribution in [1.82, 2.24) is 0 Å². The predicted molar refractivity (Wildman–Crippen MR) is 119 cm³/mol. The Labute approximate surface area is 191 Å². The standard InChI is InChI=1S/C27H40O5/c1-14-7-8-27(31-13-14)15(2)24-22(32-27)10-19-17-6-5-16-9-20(28)21(29)12-25(16,3)18(17)11-23(30)26(19,24)4/h5,14-15,17-22,24,28-29H,6-13H2,1-4H3/t14-,15+,17-,18-,19-,20-,21-,22+,24+,25+,26-,27-/m1/s1. The van der Waals surface area contributed by atoms with Crippen molar-refractivity contribution in [3.63, 3.8) is 0 Å². The molecule has 0 radical (unpaired) electrons. The van der Waals surface area contributed by atoms with E-state index in [4.69, 9.17) is 9.47 Å². The highest BCUT2D eigenvalue weighted by Gasteiger charge is 2.71. The number of ketones is 1. The monoisotopic (exact) mass is 444 g/mol. The smallest absolute Gasteiger partial charge is 0.171 e. The highest BCUT2D eigenvalue weighted by molar-refractivity contribution is 5.87. The van der Waals surface area contributed by atoms with Crippen molar-refractivity contribution >= 4 is 5.78 Å². The summed E-state index contributed by atoms with van der Waals surface area (Å²) in [6, 6.07) is 0. The summed E-state index contributed by atoms with van der Waals surface area (Å²) >= 11 is 0. The van der Waals surface area contributed by atoms with Crippen molar-refractivity contribution in [3.05, 3.63) is 11.6 Å². The van der Waals surface area contributed by atoms with Crippen molar-refractivity contribution in [1.29, 1.82) is 0 Å². The summed E-state index contributed by atoms with van der Waals surface area (Å²) in [5.74, 6) is 1.95. The van der Waals surface area contributed by atoms with Gasteiger partial charge in [0, 0.05) is 30.1 Å². The van der Waals surface area contributed by atoms with E-state index in [9.17, 15) is 15.0 Å². The Balaban J connectivity index is 1.33. The fourth-order valence-corrected chi connectivity index (χ4v) is 9.38. The third kappa shape index (κ3) is 2.63. The van der Waals surface area contributed by atoms with E-state index in [1.165, 1.54) is 5.57 Å². The Bertz CT molecular complexity index is 843. The van der Waals surface area contributed by atoms with Crippen LogP contribution in [0.4, 0.5) is 0 Å². The summed E-state index contributed by atoms with van der Waals surface area (Å²) in [6.45, 7) is 9.74. The lowest BCUT2D eigenvalue weighted by Gasteiger charge is -2.58. The van der Waals surface area contributed by atoms with Gasteiger partial charge in [-0.3, -0.25) is 4.79 Å². The molecule has 0 bridgehead atoms. The van der Waals surface area contributed by atoms with Crippen LogP contribution in [-0.2, 0) is 14.3 Å². The molecule has 2 N–H and O–H groups in total. The predicted octanol–water partition coefficient (Wildman–Crippen LogP) is 3.86. The van der Waals surface area contributed by atoms with Crippen LogP contribution in [0.5, 0.6) is 0 Å². The van der Waals surface area contributed by atoms with E-state index in [0.29, 0.717) is 42.8 Å². The van der Waals surface area contributed by atoms with Crippen LogP contribution in [0.2, 0.25) is 0 Å². The molecule has 2 aliphatic heterocycles. The lowest BCUT2D eigenvalue weighted by Crippen LogP contribution is -2.57. The van der Waals surface area contributed by atoms with Crippen LogP contribution >= 0.6 is 0 Å². The Morgan fingerprint density at radius 1 is 1.09 bits per heavy atom. The molecule has 5 heteroatoms. The zero-order valence-corrected chi connectivity index (χ0v) is 20.0. The molecule has 2 saturated heterocycles. The molecule has 12 atom stereocenters. The van der Waals surface area contributed by atoms with E-state index >= 15 is 0 Å². The number of fused-ring (bicyclic) bond motifs is 7. The Morgan fingerprint density at radius 3 is 2.59 bits per heavy atom. The average molecular weight is 445 g/mol. The van der Waals surface area contributed by atoms with Crippen LogP contribution in [0.15, 0.2) is 11.6 Å². The third-order valence-corrected chi connectivity index (χ3v) is 11.3.